The highest BCUT2D eigenvalue weighted by molar-refractivity contribution is 5.97. The molecule has 0 saturated heterocycles. The summed E-state index contributed by atoms with van der Waals surface area (Å²) < 4.78 is 0. The number of carbonyl (C=O) groups is 1. The maximum Gasteiger partial charge on any atom is 0.252 e. The zero-order chi connectivity index (χ0) is 12.5. The summed E-state index contributed by atoms with van der Waals surface area (Å²) in [5.74, 6) is 0.0325. The minimum Gasteiger partial charge on any atom is -0.345 e. The van der Waals surface area contributed by atoms with Crippen molar-refractivity contribution in [3.05, 3.63) is 70.8 Å². The van der Waals surface area contributed by atoms with Gasteiger partial charge in [0.05, 0.1) is 6.04 Å². The summed E-state index contributed by atoms with van der Waals surface area (Å²) in [5, 5.41) is 3.09. The summed E-state index contributed by atoms with van der Waals surface area (Å²) >= 11 is 0. The van der Waals surface area contributed by atoms with E-state index in [4.69, 9.17) is 0 Å². The Morgan fingerprint density at radius 1 is 1.06 bits per heavy atom. The second-order valence-corrected chi connectivity index (χ2v) is 4.74. The molecule has 3 rings (SSSR count). The predicted octanol–water partition coefficient (Wildman–Crippen LogP) is 3.02. The van der Waals surface area contributed by atoms with Gasteiger partial charge in [-0.25, -0.2) is 0 Å². The van der Waals surface area contributed by atoms with Crippen LogP contribution in [0.2, 0.25) is 0 Å². The van der Waals surface area contributed by atoms with E-state index in [1.165, 1.54) is 11.1 Å². The molecule has 1 aliphatic heterocycles. The van der Waals surface area contributed by atoms with Gasteiger partial charge in [-0.2, -0.15) is 0 Å². The number of carbonyl (C=O) groups excluding carboxylic acids is 1. The highest BCUT2D eigenvalue weighted by Crippen LogP contribution is 2.27. The highest BCUT2D eigenvalue weighted by atomic mass is 16.1. The van der Waals surface area contributed by atoms with Crippen LogP contribution >= 0.6 is 0 Å². The quantitative estimate of drug-likeness (QED) is 0.811. The maximum atomic E-state index is 12.1. The number of aryl methyl sites for hydroxylation is 1. The molecule has 0 radical (unpaired) electrons. The Hall–Kier alpha value is -2.09. The molecule has 0 saturated carbocycles. The smallest absolute Gasteiger partial charge is 0.252 e. The second kappa shape index (κ2) is 4.30. The van der Waals surface area contributed by atoms with Crippen LogP contribution in [0, 0.1) is 6.92 Å². The summed E-state index contributed by atoms with van der Waals surface area (Å²) in [7, 11) is 0. The van der Waals surface area contributed by atoms with Crippen LogP contribution in [0.3, 0.4) is 0 Å². The minimum absolute atomic E-state index is 0.0325. The molecule has 2 nitrogen and oxygen atoms in total. The first-order chi connectivity index (χ1) is 8.75. The lowest BCUT2D eigenvalue weighted by Gasteiger charge is -2.27. The fourth-order valence-electron chi connectivity index (χ4n) is 2.59. The van der Waals surface area contributed by atoms with E-state index in [2.05, 4.69) is 24.4 Å². The molecule has 2 aromatic rings. The molecule has 1 atom stereocenters. The molecule has 90 valence electrons. The first-order valence-corrected chi connectivity index (χ1v) is 6.20. The number of rotatable bonds is 1. The Morgan fingerprint density at radius 2 is 1.78 bits per heavy atom. The molecule has 0 aromatic heterocycles. The Labute approximate surface area is 107 Å². The number of nitrogens with one attached hydrogen (secondary N) is 1. The maximum absolute atomic E-state index is 12.1. The molecule has 2 heteroatoms. The van der Waals surface area contributed by atoms with E-state index in [1.54, 1.807) is 0 Å². The van der Waals surface area contributed by atoms with E-state index < -0.39 is 0 Å². The standard InChI is InChI=1S/C16H15NO/c1-11-6-2-4-8-13(11)15-10-12-7-3-5-9-14(12)16(18)17-15/h2-9,15H,10H2,1H3,(H,17,18). The van der Waals surface area contributed by atoms with Crippen molar-refractivity contribution in [2.45, 2.75) is 19.4 Å². The van der Waals surface area contributed by atoms with Crippen LogP contribution < -0.4 is 5.32 Å². The third-order valence-electron chi connectivity index (χ3n) is 3.56. The van der Waals surface area contributed by atoms with Crippen LogP contribution in [-0.2, 0) is 6.42 Å². The third kappa shape index (κ3) is 1.80. The molecule has 0 bridgehead atoms. The lowest BCUT2D eigenvalue weighted by atomic mass is 9.89. The van der Waals surface area contributed by atoms with E-state index in [0.717, 1.165) is 17.5 Å². The number of amides is 1. The molecule has 0 spiro atoms. The van der Waals surface area contributed by atoms with Gasteiger partial charge in [0.2, 0.25) is 0 Å². The van der Waals surface area contributed by atoms with Gasteiger partial charge in [0.15, 0.2) is 0 Å². The van der Waals surface area contributed by atoms with Crippen molar-refractivity contribution in [1.82, 2.24) is 5.32 Å². The predicted molar refractivity (Wildman–Crippen MR) is 71.5 cm³/mol. The van der Waals surface area contributed by atoms with Gasteiger partial charge in [0.1, 0.15) is 0 Å². The Kier molecular flexibility index (Phi) is 2.63. The zero-order valence-corrected chi connectivity index (χ0v) is 10.3. The Balaban J connectivity index is 2.00. The Bertz CT molecular complexity index is 604. The van der Waals surface area contributed by atoms with Crippen LogP contribution in [0.25, 0.3) is 0 Å². The van der Waals surface area contributed by atoms with E-state index >= 15 is 0 Å². The van der Waals surface area contributed by atoms with Crippen molar-refractivity contribution in [2.75, 3.05) is 0 Å². The van der Waals surface area contributed by atoms with Crippen LogP contribution in [0.1, 0.15) is 33.1 Å². The lowest BCUT2D eigenvalue weighted by molar-refractivity contribution is 0.0925. The fraction of sp³-hybridized carbons (Fsp3) is 0.188. The summed E-state index contributed by atoms with van der Waals surface area (Å²) in [4.78, 5) is 12.1. The summed E-state index contributed by atoms with van der Waals surface area (Å²) in [6.07, 6.45) is 0.868. The van der Waals surface area contributed by atoms with Crippen molar-refractivity contribution in [2.24, 2.45) is 0 Å². The van der Waals surface area contributed by atoms with Gasteiger partial charge >= 0.3 is 0 Å². The van der Waals surface area contributed by atoms with Crippen LogP contribution in [0.15, 0.2) is 48.5 Å². The number of hydrogen-bond acceptors (Lipinski definition) is 1. The van der Waals surface area contributed by atoms with E-state index in [0.29, 0.717) is 0 Å². The van der Waals surface area contributed by atoms with Gasteiger partial charge in [-0.15, -0.1) is 0 Å². The molecule has 1 N–H and O–H groups in total. The topological polar surface area (TPSA) is 29.1 Å². The summed E-state index contributed by atoms with van der Waals surface area (Å²) in [5.41, 5.74) is 4.37. The molecule has 1 heterocycles. The molecule has 18 heavy (non-hydrogen) atoms. The van der Waals surface area contributed by atoms with Gasteiger partial charge in [0.25, 0.3) is 5.91 Å². The molecule has 1 unspecified atom stereocenters. The summed E-state index contributed by atoms with van der Waals surface area (Å²) in [6, 6.07) is 16.1. The van der Waals surface area contributed by atoms with E-state index in [1.807, 2.05) is 36.4 Å². The van der Waals surface area contributed by atoms with Crippen molar-refractivity contribution < 1.29 is 4.79 Å². The molecule has 2 aromatic carbocycles. The minimum atomic E-state index is 0.0325. The summed E-state index contributed by atoms with van der Waals surface area (Å²) in [6.45, 7) is 2.09. The van der Waals surface area contributed by atoms with Crippen molar-refractivity contribution in [3.63, 3.8) is 0 Å². The average Bonchev–Trinajstić information content (AvgIpc) is 2.39. The van der Waals surface area contributed by atoms with Gasteiger partial charge < -0.3 is 5.32 Å². The van der Waals surface area contributed by atoms with Crippen LogP contribution in [0.5, 0.6) is 0 Å². The molecule has 1 aliphatic rings. The number of benzene rings is 2. The molecule has 0 aliphatic carbocycles. The first-order valence-electron chi connectivity index (χ1n) is 6.20. The van der Waals surface area contributed by atoms with Crippen molar-refractivity contribution in [3.8, 4) is 0 Å². The zero-order valence-electron chi connectivity index (χ0n) is 10.3. The third-order valence-corrected chi connectivity index (χ3v) is 3.56. The second-order valence-electron chi connectivity index (χ2n) is 4.74. The highest BCUT2D eigenvalue weighted by Gasteiger charge is 2.25. The first kappa shape index (κ1) is 11.0. The fourth-order valence-corrected chi connectivity index (χ4v) is 2.59. The molecule has 0 fully saturated rings. The molecule has 1 amide bonds. The monoisotopic (exact) mass is 237 g/mol. The van der Waals surface area contributed by atoms with Crippen molar-refractivity contribution >= 4 is 5.91 Å². The van der Waals surface area contributed by atoms with Crippen LogP contribution in [-0.4, -0.2) is 5.91 Å². The largest absolute Gasteiger partial charge is 0.345 e. The SMILES string of the molecule is Cc1ccccc1C1Cc2ccccc2C(=O)N1. The van der Waals surface area contributed by atoms with Gasteiger partial charge in [0, 0.05) is 5.56 Å². The Morgan fingerprint density at radius 3 is 2.61 bits per heavy atom. The van der Waals surface area contributed by atoms with Gasteiger partial charge in [-0.3, -0.25) is 4.79 Å². The van der Waals surface area contributed by atoms with Crippen molar-refractivity contribution in [1.29, 1.82) is 0 Å². The molecular weight excluding hydrogens is 222 g/mol. The average molecular weight is 237 g/mol. The van der Waals surface area contributed by atoms with E-state index in [9.17, 15) is 4.79 Å². The van der Waals surface area contributed by atoms with E-state index in [-0.39, 0.29) is 11.9 Å². The van der Waals surface area contributed by atoms with Gasteiger partial charge in [-0.05, 0) is 36.1 Å². The number of hydrogen-bond donors (Lipinski definition) is 1. The number of fused-ring (bicyclic) bond motifs is 1. The molecular formula is C16H15NO. The lowest BCUT2D eigenvalue weighted by Crippen LogP contribution is -2.35. The van der Waals surface area contributed by atoms with Crippen LogP contribution in [0.4, 0.5) is 0 Å². The normalized spacial score (nSPS) is 18.1. The van der Waals surface area contributed by atoms with Gasteiger partial charge in [-0.1, -0.05) is 42.5 Å².